The van der Waals surface area contributed by atoms with Crippen molar-refractivity contribution >= 4 is 11.5 Å². The number of hydrogen-bond acceptors (Lipinski definition) is 4. The Balaban J connectivity index is 1.89. The molecule has 3 heterocycles. The zero-order valence-corrected chi connectivity index (χ0v) is 12.6. The summed E-state index contributed by atoms with van der Waals surface area (Å²) < 4.78 is 6.80. The summed E-state index contributed by atoms with van der Waals surface area (Å²) in [6.45, 7) is 4.47. The molecule has 0 aromatic carbocycles. The van der Waals surface area contributed by atoms with E-state index in [1.165, 1.54) is 26.5 Å². The number of hydrogen-bond donors (Lipinski definition) is 0. The summed E-state index contributed by atoms with van der Waals surface area (Å²) in [5.74, 6) is 0.703. The number of imidazole rings is 1. The summed E-state index contributed by atoms with van der Waals surface area (Å²) in [6.07, 6.45) is 7.09. The topological polar surface area (TPSA) is 46.8 Å². The van der Waals surface area contributed by atoms with E-state index in [2.05, 4.69) is 16.8 Å². The van der Waals surface area contributed by atoms with Crippen LogP contribution in [0.15, 0.2) is 24.5 Å². The van der Waals surface area contributed by atoms with E-state index in [-0.39, 0.29) is 5.97 Å². The number of rotatable bonds is 4. The van der Waals surface area contributed by atoms with Crippen molar-refractivity contribution in [3.05, 3.63) is 35.9 Å². The fourth-order valence-corrected chi connectivity index (χ4v) is 3.19. The van der Waals surface area contributed by atoms with Gasteiger partial charge in [0.15, 0.2) is 0 Å². The largest absolute Gasteiger partial charge is 0.465 e. The van der Waals surface area contributed by atoms with Crippen LogP contribution in [0.25, 0.3) is 5.52 Å². The molecule has 5 heteroatoms. The van der Waals surface area contributed by atoms with Gasteiger partial charge in [-0.15, -0.1) is 0 Å². The lowest BCUT2D eigenvalue weighted by molar-refractivity contribution is 0.0600. The molecular weight excluding hydrogens is 266 g/mol. The molecule has 2 aromatic heterocycles. The molecule has 1 fully saturated rings. The number of esters is 1. The predicted molar refractivity (Wildman–Crippen MR) is 80.5 cm³/mol. The van der Waals surface area contributed by atoms with Gasteiger partial charge in [0, 0.05) is 18.7 Å². The predicted octanol–water partition coefficient (Wildman–Crippen LogP) is 2.15. The molecule has 0 spiro atoms. The van der Waals surface area contributed by atoms with Crippen LogP contribution in [0.3, 0.4) is 0 Å². The number of nitrogens with zero attached hydrogens (tertiary/aromatic N) is 3. The van der Waals surface area contributed by atoms with Gasteiger partial charge in [-0.05, 0) is 38.1 Å². The molecule has 0 amide bonds. The molecule has 3 rings (SSSR count). The van der Waals surface area contributed by atoms with Gasteiger partial charge in [-0.25, -0.2) is 9.78 Å². The highest BCUT2D eigenvalue weighted by Crippen LogP contribution is 2.21. The summed E-state index contributed by atoms with van der Waals surface area (Å²) >= 11 is 0. The Bertz CT molecular complexity index is 650. The average molecular weight is 287 g/mol. The normalized spacial score (nSPS) is 19.2. The van der Waals surface area contributed by atoms with Crippen molar-refractivity contribution in [2.45, 2.75) is 32.2 Å². The summed E-state index contributed by atoms with van der Waals surface area (Å²) in [5.41, 5.74) is 1.57. The molecule has 1 unspecified atom stereocenters. The number of carbonyl (C=O) groups is 1. The number of ether oxygens (including phenoxy) is 1. The molecule has 1 aliphatic rings. The molecule has 0 radical (unpaired) electrons. The molecule has 1 saturated heterocycles. The molecule has 21 heavy (non-hydrogen) atoms. The number of methoxy groups -OCH3 is 1. The Labute approximate surface area is 124 Å². The molecule has 1 aliphatic heterocycles. The number of carbonyl (C=O) groups excluding carboxylic acids is 1. The monoisotopic (exact) mass is 287 g/mol. The van der Waals surface area contributed by atoms with Gasteiger partial charge in [-0.2, -0.15) is 0 Å². The minimum atomic E-state index is -0.312. The van der Waals surface area contributed by atoms with Crippen molar-refractivity contribution in [3.63, 3.8) is 0 Å². The van der Waals surface area contributed by atoms with Gasteiger partial charge in [0.1, 0.15) is 5.82 Å². The highest BCUT2D eigenvalue weighted by atomic mass is 16.5. The minimum absolute atomic E-state index is 0.312. The molecule has 0 saturated carbocycles. The van der Waals surface area contributed by atoms with E-state index in [0.29, 0.717) is 11.6 Å². The number of likely N-dealkylation sites (tertiary alicyclic amines) is 1. The lowest BCUT2D eigenvalue weighted by Crippen LogP contribution is -2.31. The summed E-state index contributed by atoms with van der Waals surface area (Å²) in [5, 5.41) is 0. The maximum absolute atomic E-state index is 11.7. The van der Waals surface area contributed by atoms with Gasteiger partial charge >= 0.3 is 5.97 Å². The van der Waals surface area contributed by atoms with Crippen LogP contribution in [0.4, 0.5) is 0 Å². The minimum Gasteiger partial charge on any atom is -0.465 e. The van der Waals surface area contributed by atoms with Gasteiger partial charge in [-0.1, -0.05) is 6.92 Å². The first-order valence-corrected chi connectivity index (χ1v) is 7.51. The average Bonchev–Trinajstić information content (AvgIpc) is 3.13. The number of fused-ring (bicyclic) bond motifs is 1. The molecule has 2 aromatic rings. The first kappa shape index (κ1) is 14.1. The van der Waals surface area contributed by atoms with Crippen molar-refractivity contribution in [1.29, 1.82) is 0 Å². The van der Waals surface area contributed by atoms with Crippen molar-refractivity contribution in [2.24, 2.45) is 0 Å². The summed E-state index contributed by atoms with van der Waals surface area (Å²) in [6, 6.07) is 4.25. The van der Waals surface area contributed by atoms with E-state index in [9.17, 15) is 4.79 Å². The first-order chi connectivity index (χ1) is 10.2. The molecule has 0 N–H and O–H groups in total. The number of aromatic nitrogens is 2. The Kier molecular flexibility index (Phi) is 3.92. The Hall–Kier alpha value is -1.88. The van der Waals surface area contributed by atoms with E-state index in [1.54, 1.807) is 6.07 Å². The highest BCUT2D eigenvalue weighted by molar-refractivity contribution is 5.89. The third-order valence-corrected chi connectivity index (χ3v) is 4.35. The van der Waals surface area contributed by atoms with Crippen molar-refractivity contribution in [1.82, 2.24) is 14.3 Å². The van der Waals surface area contributed by atoms with E-state index >= 15 is 0 Å². The van der Waals surface area contributed by atoms with E-state index in [1.807, 2.05) is 22.9 Å². The van der Waals surface area contributed by atoms with Crippen LogP contribution >= 0.6 is 0 Å². The number of likely N-dealkylation sites (N-methyl/N-ethyl adjacent to an activating group) is 1. The van der Waals surface area contributed by atoms with Gasteiger partial charge in [0.2, 0.25) is 0 Å². The molecule has 5 nitrogen and oxygen atoms in total. The highest BCUT2D eigenvalue weighted by Gasteiger charge is 2.24. The van der Waals surface area contributed by atoms with Gasteiger partial charge in [-0.3, -0.25) is 0 Å². The first-order valence-electron chi connectivity index (χ1n) is 7.51. The van der Waals surface area contributed by atoms with Crippen LogP contribution in [-0.2, 0) is 11.2 Å². The molecular formula is C16H21N3O2. The maximum Gasteiger partial charge on any atom is 0.339 e. The lowest BCUT2D eigenvalue weighted by Gasteiger charge is -2.22. The Morgan fingerprint density at radius 1 is 1.48 bits per heavy atom. The van der Waals surface area contributed by atoms with Crippen LogP contribution in [-0.4, -0.2) is 46.5 Å². The van der Waals surface area contributed by atoms with Crippen LogP contribution < -0.4 is 0 Å². The second-order valence-corrected chi connectivity index (χ2v) is 5.51. The summed E-state index contributed by atoms with van der Waals surface area (Å²) in [7, 11) is 1.40. The van der Waals surface area contributed by atoms with Crippen molar-refractivity contribution in [2.75, 3.05) is 20.2 Å². The van der Waals surface area contributed by atoms with Crippen molar-refractivity contribution in [3.8, 4) is 0 Å². The van der Waals surface area contributed by atoms with Gasteiger partial charge < -0.3 is 14.0 Å². The van der Waals surface area contributed by atoms with E-state index in [4.69, 9.17) is 4.74 Å². The molecule has 0 bridgehead atoms. The van der Waals surface area contributed by atoms with Crippen LogP contribution in [0.2, 0.25) is 0 Å². The Morgan fingerprint density at radius 2 is 2.33 bits per heavy atom. The smallest absolute Gasteiger partial charge is 0.339 e. The standard InChI is InChI=1S/C16H21N3O2/c1-3-18-8-4-5-13(18)9-15-17-10-14-7-6-12(11-19(14)15)16(20)21-2/h6-7,10-11,13H,3-5,8-9H2,1-2H3. The zero-order valence-electron chi connectivity index (χ0n) is 12.6. The zero-order chi connectivity index (χ0) is 14.8. The fraction of sp³-hybridized carbons (Fsp3) is 0.500. The molecule has 1 atom stereocenters. The number of pyridine rings is 1. The molecule has 112 valence electrons. The maximum atomic E-state index is 11.7. The third-order valence-electron chi connectivity index (χ3n) is 4.35. The Morgan fingerprint density at radius 3 is 3.10 bits per heavy atom. The molecule has 0 aliphatic carbocycles. The van der Waals surface area contributed by atoms with E-state index < -0.39 is 0 Å². The van der Waals surface area contributed by atoms with Gasteiger partial charge in [0.05, 0.1) is 24.4 Å². The van der Waals surface area contributed by atoms with Crippen LogP contribution in [0.5, 0.6) is 0 Å². The second-order valence-electron chi connectivity index (χ2n) is 5.51. The third kappa shape index (κ3) is 2.65. The SMILES string of the molecule is CCN1CCCC1Cc1ncc2ccc(C(=O)OC)cn12. The summed E-state index contributed by atoms with van der Waals surface area (Å²) in [4.78, 5) is 18.7. The lowest BCUT2D eigenvalue weighted by atomic mass is 10.1. The second kappa shape index (κ2) is 5.85. The quantitative estimate of drug-likeness (QED) is 0.808. The van der Waals surface area contributed by atoms with E-state index in [0.717, 1.165) is 24.3 Å². The van der Waals surface area contributed by atoms with Crippen LogP contribution in [0.1, 0.15) is 35.9 Å². The van der Waals surface area contributed by atoms with Gasteiger partial charge in [0.25, 0.3) is 0 Å². The van der Waals surface area contributed by atoms with Crippen molar-refractivity contribution < 1.29 is 9.53 Å². The van der Waals surface area contributed by atoms with Crippen LogP contribution in [0, 0.1) is 0 Å². The fourth-order valence-electron chi connectivity index (χ4n) is 3.19.